The summed E-state index contributed by atoms with van der Waals surface area (Å²) >= 11 is 0. The molecular formula is C27H25F2N3O4. The second kappa shape index (κ2) is 10.2. The molecule has 4 rings (SSSR count). The third-order valence-corrected chi connectivity index (χ3v) is 6.33. The van der Waals surface area contributed by atoms with Crippen molar-refractivity contribution in [1.82, 2.24) is 4.57 Å². The summed E-state index contributed by atoms with van der Waals surface area (Å²) in [6, 6.07) is 6.07. The van der Waals surface area contributed by atoms with Crippen molar-refractivity contribution in [3.8, 4) is 11.4 Å². The molecule has 36 heavy (non-hydrogen) atoms. The number of aromatic hydroxyl groups is 1. The number of aromatic nitrogens is 1. The molecule has 2 aromatic carbocycles. The van der Waals surface area contributed by atoms with Gasteiger partial charge >= 0.3 is 5.97 Å². The van der Waals surface area contributed by atoms with Gasteiger partial charge in [-0.05, 0) is 63.2 Å². The Hall–Kier alpha value is -4.27. The Morgan fingerprint density at radius 2 is 2.03 bits per heavy atom. The lowest BCUT2D eigenvalue weighted by atomic mass is 10.0. The first-order valence-electron chi connectivity index (χ1n) is 11.4. The van der Waals surface area contributed by atoms with Crippen LogP contribution in [0.5, 0.6) is 5.75 Å². The molecule has 0 spiro atoms. The molecule has 3 aromatic rings. The summed E-state index contributed by atoms with van der Waals surface area (Å²) in [6.45, 7) is 5.99. The molecule has 0 aliphatic carbocycles. The highest BCUT2D eigenvalue weighted by Gasteiger charge is 2.28. The van der Waals surface area contributed by atoms with Gasteiger partial charge in [-0.15, -0.1) is 0 Å². The predicted octanol–water partition coefficient (Wildman–Crippen LogP) is 5.19. The fourth-order valence-corrected chi connectivity index (χ4v) is 4.64. The average molecular weight is 494 g/mol. The van der Waals surface area contributed by atoms with Crippen LogP contribution >= 0.6 is 0 Å². The van der Waals surface area contributed by atoms with Crippen molar-refractivity contribution in [1.29, 1.82) is 0 Å². The highest BCUT2D eigenvalue weighted by Crippen LogP contribution is 2.34. The summed E-state index contributed by atoms with van der Waals surface area (Å²) < 4.78 is 30.5. The molecule has 1 saturated heterocycles. The van der Waals surface area contributed by atoms with Crippen LogP contribution < -0.4 is 10.3 Å². The Morgan fingerprint density at radius 3 is 2.72 bits per heavy atom. The van der Waals surface area contributed by atoms with Crippen LogP contribution in [0, 0.1) is 11.6 Å². The molecule has 0 bridgehead atoms. The second-order valence-electron chi connectivity index (χ2n) is 8.73. The lowest BCUT2D eigenvalue weighted by molar-refractivity contribution is 0.0695. The Morgan fingerprint density at radius 1 is 1.25 bits per heavy atom. The van der Waals surface area contributed by atoms with Gasteiger partial charge in [0, 0.05) is 42.1 Å². The Bertz CT molecular complexity index is 1480. The zero-order valence-electron chi connectivity index (χ0n) is 19.6. The van der Waals surface area contributed by atoms with Crippen LogP contribution in [-0.4, -0.2) is 40.1 Å². The number of nitrogens with zero attached hydrogens (tertiary/aromatic N) is 3. The zero-order valence-corrected chi connectivity index (χ0v) is 19.6. The number of anilines is 1. The minimum absolute atomic E-state index is 0.0200. The first-order valence-corrected chi connectivity index (χ1v) is 11.4. The molecule has 0 radical (unpaired) electrons. The Kier molecular flexibility index (Phi) is 7.00. The van der Waals surface area contributed by atoms with E-state index in [1.165, 1.54) is 16.7 Å². The number of pyridine rings is 1. The van der Waals surface area contributed by atoms with Gasteiger partial charge in [-0.2, -0.15) is 0 Å². The molecule has 1 aromatic heterocycles. The largest absolute Gasteiger partial charge is 0.505 e. The minimum atomic E-state index is -1.48. The first kappa shape index (κ1) is 24.8. The van der Waals surface area contributed by atoms with Crippen molar-refractivity contribution in [3.63, 3.8) is 0 Å². The van der Waals surface area contributed by atoms with E-state index in [0.717, 1.165) is 42.8 Å². The van der Waals surface area contributed by atoms with Crippen LogP contribution in [0.25, 0.3) is 16.6 Å². The van der Waals surface area contributed by atoms with Gasteiger partial charge in [0.25, 0.3) is 0 Å². The molecule has 9 heteroatoms. The van der Waals surface area contributed by atoms with Crippen molar-refractivity contribution in [2.24, 2.45) is 4.99 Å². The molecule has 1 unspecified atom stereocenters. The molecular weight excluding hydrogens is 468 g/mol. The predicted molar refractivity (Wildman–Crippen MR) is 136 cm³/mol. The lowest BCUT2D eigenvalue weighted by Crippen LogP contribution is -2.30. The van der Waals surface area contributed by atoms with Crippen LogP contribution in [0.1, 0.15) is 36.5 Å². The van der Waals surface area contributed by atoms with E-state index in [4.69, 9.17) is 0 Å². The number of allylic oxidation sites excluding steroid dienone is 2. The van der Waals surface area contributed by atoms with Gasteiger partial charge in [0.05, 0.1) is 11.2 Å². The lowest BCUT2D eigenvalue weighted by Gasteiger charge is -2.28. The second-order valence-corrected chi connectivity index (χ2v) is 8.73. The smallest absolute Gasteiger partial charge is 0.341 e. The number of fused-ring (bicyclic) bond motifs is 1. The average Bonchev–Trinajstić information content (AvgIpc) is 3.28. The number of benzene rings is 2. The van der Waals surface area contributed by atoms with Gasteiger partial charge in [0.2, 0.25) is 5.43 Å². The van der Waals surface area contributed by atoms with Crippen molar-refractivity contribution in [3.05, 3.63) is 87.9 Å². The van der Waals surface area contributed by atoms with Crippen molar-refractivity contribution < 1.29 is 23.8 Å². The monoisotopic (exact) mass is 493 g/mol. The molecule has 0 amide bonds. The normalized spacial score (nSPS) is 16.2. The molecule has 0 saturated carbocycles. The molecule has 186 valence electrons. The summed E-state index contributed by atoms with van der Waals surface area (Å²) in [4.78, 5) is 30.2. The van der Waals surface area contributed by atoms with Crippen LogP contribution in [-0.2, 0) is 0 Å². The van der Waals surface area contributed by atoms with Crippen molar-refractivity contribution in [2.75, 3.05) is 11.4 Å². The first-order chi connectivity index (χ1) is 17.2. The third-order valence-electron chi connectivity index (χ3n) is 6.33. The fraction of sp³-hybridized carbons (Fsp3) is 0.222. The number of aromatic carboxylic acids is 1. The summed E-state index contributed by atoms with van der Waals surface area (Å²) in [5.41, 5.74) is 0.426. The SMILES string of the molecule is C=N/C=C\C=C(\C)CC1CCCN1c1cc2c(cc1F)c(=O)c(C(=O)O)cn2-c1ccc(F)c(O)c1. The maximum atomic E-state index is 15.4. The number of phenolic OH excluding ortho intramolecular Hbond substituents is 1. The quantitative estimate of drug-likeness (QED) is 0.349. The van der Waals surface area contributed by atoms with E-state index in [2.05, 4.69) is 11.7 Å². The van der Waals surface area contributed by atoms with Gasteiger partial charge in [-0.1, -0.05) is 11.6 Å². The molecule has 2 N–H and O–H groups in total. The number of rotatable bonds is 7. The van der Waals surface area contributed by atoms with Gasteiger partial charge < -0.3 is 19.7 Å². The summed E-state index contributed by atoms with van der Waals surface area (Å²) in [7, 11) is 0. The van der Waals surface area contributed by atoms with Crippen LogP contribution in [0.2, 0.25) is 0 Å². The summed E-state index contributed by atoms with van der Waals surface area (Å²) in [6.07, 6.45) is 8.80. The molecule has 1 fully saturated rings. The maximum absolute atomic E-state index is 15.4. The standard InChI is InChI=1S/C27H25F2N3O4/c1-16(5-3-9-30-2)11-17-6-4-10-31(17)24-14-23-19(13-22(24)29)26(34)20(27(35)36)15-32(23)18-7-8-21(28)25(33)12-18/h3,5,7-9,12-15,17,33H,2,4,6,10-11H2,1H3,(H,35,36)/b9-3-,16-5-. The number of carboxylic acid groups (broad SMARTS) is 1. The van der Waals surface area contributed by atoms with E-state index in [0.29, 0.717) is 13.0 Å². The van der Waals surface area contributed by atoms with E-state index in [9.17, 15) is 24.2 Å². The Balaban J connectivity index is 1.87. The van der Waals surface area contributed by atoms with Crippen molar-refractivity contribution >= 4 is 29.3 Å². The zero-order chi connectivity index (χ0) is 26.0. The number of aliphatic imine (C=N–C) groups is 1. The Labute approximate surface area is 205 Å². The number of carboxylic acids is 1. The van der Waals surface area contributed by atoms with Crippen LogP contribution in [0.3, 0.4) is 0 Å². The highest BCUT2D eigenvalue weighted by molar-refractivity contribution is 5.94. The van der Waals surface area contributed by atoms with Gasteiger partial charge in [0.15, 0.2) is 11.6 Å². The van der Waals surface area contributed by atoms with E-state index >= 15 is 4.39 Å². The van der Waals surface area contributed by atoms with E-state index in [1.54, 1.807) is 12.3 Å². The van der Waals surface area contributed by atoms with Crippen molar-refractivity contribution in [2.45, 2.75) is 32.2 Å². The molecule has 7 nitrogen and oxygen atoms in total. The summed E-state index contributed by atoms with van der Waals surface area (Å²) in [5.74, 6) is -3.61. The molecule has 1 aliphatic rings. The number of hydrogen-bond acceptors (Lipinski definition) is 5. The fourth-order valence-electron chi connectivity index (χ4n) is 4.64. The number of hydrogen-bond donors (Lipinski definition) is 2. The van der Waals surface area contributed by atoms with Crippen LogP contribution in [0.4, 0.5) is 14.5 Å². The van der Waals surface area contributed by atoms with E-state index in [-0.39, 0.29) is 28.3 Å². The van der Waals surface area contributed by atoms with Gasteiger partial charge in [0.1, 0.15) is 11.4 Å². The summed E-state index contributed by atoms with van der Waals surface area (Å²) in [5, 5.41) is 19.3. The number of halogens is 2. The van der Waals surface area contributed by atoms with E-state index in [1.807, 2.05) is 17.9 Å². The third kappa shape index (κ3) is 4.77. The molecule has 2 heterocycles. The van der Waals surface area contributed by atoms with Crippen LogP contribution in [0.15, 0.2) is 70.2 Å². The van der Waals surface area contributed by atoms with Gasteiger partial charge in [-0.25, -0.2) is 13.6 Å². The molecule has 1 aliphatic heterocycles. The number of carbonyl (C=O) groups is 1. The van der Waals surface area contributed by atoms with Gasteiger partial charge in [-0.3, -0.25) is 9.79 Å². The molecule has 1 atom stereocenters. The minimum Gasteiger partial charge on any atom is -0.505 e. The van der Waals surface area contributed by atoms with E-state index < -0.39 is 34.3 Å². The highest BCUT2D eigenvalue weighted by atomic mass is 19.1. The maximum Gasteiger partial charge on any atom is 0.341 e. The number of phenols is 1. The topological polar surface area (TPSA) is 95.1 Å².